The Morgan fingerprint density at radius 1 is 1.56 bits per heavy atom. The third kappa shape index (κ3) is 3.22. The zero-order valence-corrected chi connectivity index (χ0v) is 10.6. The molecule has 2 rings (SSSR count). The van der Waals surface area contributed by atoms with Crippen molar-refractivity contribution < 1.29 is 9.18 Å². The van der Waals surface area contributed by atoms with Crippen LogP contribution in [0.5, 0.6) is 0 Å². The molecule has 0 radical (unpaired) electrons. The fraction of sp³-hybridized carbons (Fsp3) is 0.500. The molecule has 0 spiro atoms. The van der Waals surface area contributed by atoms with Crippen molar-refractivity contribution in [2.45, 2.75) is 38.6 Å². The van der Waals surface area contributed by atoms with Crippen LogP contribution in [0.4, 0.5) is 10.1 Å². The van der Waals surface area contributed by atoms with Gasteiger partial charge in [-0.05, 0) is 37.0 Å². The van der Waals surface area contributed by atoms with E-state index in [9.17, 15) is 9.18 Å². The lowest BCUT2D eigenvalue weighted by molar-refractivity contribution is 0.0932. The Kier molecular flexibility index (Phi) is 3.84. The number of nitrogen functional groups attached to an aromatic ring is 1. The summed E-state index contributed by atoms with van der Waals surface area (Å²) in [6.45, 7) is 2.06. The van der Waals surface area contributed by atoms with Crippen molar-refractivity contribution in [2.75, 3.05) is 5.73 Å². The van der Waals surface area contributed by atoms with Gasteiger partial charge < -0.3 is 11.1 Å². The van der Waals surface area contributed by atoms with E-state index in [4.69, 9.17) is 5.73 Å². The molecule has 4 heteroatoms. The van der Waals surface area contributed by atoms with Gasteiger partial charge in [0.2, 0.25) is 0 Å². The Morgan fingerprint density at radius 2 is 2.28 bits per heavy atom. The van der Waals surface area contributed by atoms with Gasteiger partial charge in [0.1, 0.15) is 5.82 Å². The number of carbonyl (C=O) groups excluding carboxylic acids is 1. The monoisotopic (exact) mass is 250 g/mol. The normalized spacial score (nSPS) is 16.3. The summed E-state index contributed by atoms with van der Waals surface area (Å²) in [7, 11) is 0. The van der Waals surface area contributed by atoms with E-state index in [1.807, 2.05) is 0 Å². The molecule has 0 aliphatic heterocycles. The smallest absolute Gasteiger partial charge is 0.251 e. The second kappa shape index (κ2) is 5.38. The highest BCUT2D eigenvalue weighted by Crippen LogP contribution is 2.34. The molecular weight excluding hydrogens is 231 g/mol. The molecule has 0 bridgehead atoms. The van der Waals surface area contributed by atoms with Crippen LogP contribution in [-0.4, -0.2) is 11.9 Å². The number of carbonyl (C=O) groups is 1. The van der Waals surface area contributed by atoms with Gasteiger partial charge in [-0.1, -0.05) is 19.8 Å². The quantitative estimate of drug-likeness (QED) is 0.789. The Balaban J connectivity index is 1.98. The first-order valence-corrected chi connectivity index (χ1v) is 6.46. The zero-order valence-electron chi connectivity index (χ0n) is 10.6. The lowest BCUT2D eigenvalue weighted by Gasteiger charge is -2.16. The minimum Gasteiger partial charge on any atom is -0.396 e. The molecular formula is C14H19FN2O. The molecule has 1 fully saturated rings. The summed E-state index contributed by atoms with van der Waals surface area (Å²) in [4.78, 5) is 12.0. The van der Waals surface area contributed by atoms with Gasteiger partial charge in [0.15, 0.2) is 0 Å². The summed E-state index contributed by atoms with van der Waals surface area (Å²) in [6.07, 6.45) is 4.50. The molecule has 1 aliphatic rings. The molecule has 0 heterocycles. The maximum Gasteiger partial charge on any atom is 0.251 e. The second-order valence-corrected chi connectivity index (χ2v) is 4.99. The van der Waals surface area contributed by atoms with Crippen molar-refractivity contribution in [2.24, 2.45) is 5.92 Å². The van der Waals surface area contributed by atoms with Crippen LogP contribution in [0.25, 0.3) is 0 Å². The minimum absolute atomic E-state index is 0.0119. The van der Waals surface area contributed by atoms with E-state index in [1.165, 1.54) is 31.0 Å². The number of hydrogen-bond acceptors (Lipinski definition) is 2. The molecule has 1 amide bonds. The van der Waals surface area contributed by atoms with Crippen molar-refractivity contribution in [3.63, 3.8) is 0 Å². The van der Waals surface area contributed by atoms with Crippen molar-refractivity contribution in [1.82, 2.24) is 5.32 Å². The van der Waals surface area contributed by atoms with Gasteiger partial charge in [0.25, 0.3) is 5.91 Å². The number of nitrogens with two attached hydrogens (primary N) is 1. The first-order valence-electron chi connectivity index (χ1n) is 6.46. The van der Waals surface area contributed by atoms with Gasteiger partial charge >= 0.3 is 0 Å². The van der Waals surface area contributed by atoms with E-state index in [2.05, 4.69) is 12.2 Å². The number of nitrogens with one attached hydrogen (secondary N) is 1. The number of anilines is 1. The van der Waals surface area contributed by atoms with Gasteiger partial charge in [-0.15, -0.1) is 0 Å². The standard InChI is InChI=1S/C14H19FN2O/c1-2-11(7-9-3-4-9)17-14(18)10-5-6-12(15)13(16)8-10/h5-6,8-9,11H,2-4,7,16H2,1H3,(H,17,18). The predicted octanol–water partition coefficient (Wildman–Crippen LogP) is 2.72. The number of amides is 1. The largest absolute Gasteiger partial charge is 0.396 e. The van der Waals surface area contributed by atoms with E-state index >= 15 is 0 Å². The van der Waals surface area contributed by atoms with E-state index in [-0.39, 0.29) is 17.6 Å². The highest BCUT2D eigenvalue weighted by Gasteiger charge is 2.25. The molecule has 1 aromatic rings. The Morgan fingerprint density at radius 3 is 2.83 bits per heavy atom. The van der Waals surface area contributed by atoms with Crippen molar-refractivity contribution in [3.05, 3.63) is 29.6 Å². The molecule has 1 aromatic carbocycles. The van der Waals surface area contributed by atoms with Crippen LogP contribution < -0.4 is 11.1 Å². The summed E-state index contributed by atoms with van der Waals surface area (Å²) >= 11 is 0. The predicted molar refractivity (Wildman–Crippen MR) is 69.7 cm³/mol. The summed E-state index contributed by atoms with van der Waals surface area (Å²) in [5.41, 5.74) is 5.89. The number of halogens is 1. The van der Waals surface area contributed by atoms with Gasteiger partial charge in [0.05, 0.1) is 5.69 Å². The molecule has 1 saturated carbocycles. The fourth-order valence-electron chi connectivity index (χ4n) is 2.04. The molecule has 3 nitrogen and oxygen atoms in total. The van der Waals surface area contributed by atoms with Crippen molar-refractivity contribution in [1.29, 1.82) is 0 Å². The van der Waals surface area contributed by atoms with E-state index in [1.54, 1.807) is 0 Å². The highest BCUT2D eigenvalue weighted by molar-refractivity contribution is 5.95. The summed E-state index contributed by atoms with van der Waals surface area (Å²) in [5, 5.41) is 2.98. The highest BCUT2D eigenvalue weighted by atomic mass is 19.1. The van der Waals surface area contributed by atoms with Crippen LogP contribution in [0.15, 0.2) is 18.2 Å². The third-order valence-corrected chi connectivity index (χ3v) is 3.40. The molecule has 1 unspecified atom stereocenters. The zero-order chi connectivity index (χ0) is 13.1. The molecule has 0 aromatic heterocycles. The molecule has 1 atom stereocenters. The molecule has 1 aliphatic carbocycles. The first kappa shape index (κ1) is 12.9. The molecule has 3 N–H and O–H groups in total. The average Bonchev–Trinajstić information content (AvgIpc) is 3.15. The first-order chi connectivity index (χ1) is 8.60. The molecule has 98 valence electrons. The topological polar surface area (TPSA) is 55.1 Å². The maximum absolute atomic E-state index is 13.0. The summed E-state index contributed by atoms with van der Waals surface area (Å²) in [5.74, 6) is 0.110. The van der Waals surface area contributed by atoms with Gasteiger partial charge in [-0.3, -0.25) is 4.79 Å². The van der Waals surface area contributed by atoms with E-state index < -0.39 is 5.82 Å². The summed E-state index contributed by atoms with van der Waals surface area (Å²) in [6, 6.07) is 4.28. The maximum atomic E-state index is 13.0. The lowest BCUT2D eigenvalue weighted by atomic mass is 10.1. The minimum atomic E-state index is -0.489. The van der Waals surface area contributed by atoms with Crippen LogP contribution in [0.3, 0.4) is 0 Å². The lowest BCUT2D eigenvalue weighted by Crippen LogP contribution is -2.34. The molecule has 18 heavy (non-hydrogen) atoms. The molecule has 0 saturated heterocycles. The number of hydrogen-bond donors (Lipinski definition) is 2. The number of rotatable bonds is 5. The third-order valence-electron chi connectivity index (χ3n) is 3.40. The van der Waals surface area contributed by atoms with Crippen LogP contribution in [0, 0.1) is 11.7 Å². The Labute approximate surface area is 107 Å². The fourth-order valence-corrected chi connectivity index (χ4v) is 2.04. The van der Waals surface area contributed by atoms with Gasteiger partial charge in [0, 0.05) is 11.6 Å². The summed E-state index contributed by atoms with van der Waals surface area (Å²) < 4.78 is 13.0. The van der Waals surface area contributed by atoms with Crippen LogP contribution in [0.2, 0.25) is 0 Å². The van der Waals surface area contributed by atoms with Crippen LogP contribution in [0.1, 0.15) is 43.0 Å². The Bertz CT molecular complexity index is 443. The Hall–Kier alpha value is -1.58. The van der Waals surface area contributed by atoms with Gasteiger partial charge in [-0.25, -0.2) is 4.39 Å². The number of benzene rings is 1. The van der Waals surface area contributed by atoms with Crippen molar-refractivity contribution >= 4 is 11.6 Å². The average molecular weight is 250 g/mol. The van der Waals surface area contributed by atoms with Crippen LogP contribution >= 0.6 is 0 Å². The SMILES string of the molecule is CCC(CC1CC1)NC(=O)c1ccc(F)c(N)c1. The van der Waals surface area contributed by atoms with Crippen molar-refractivity contribution in [3.8, 4) is 0 Å². The van der Waals surface area contributed by atoms with Crippen LogP contribution in [-0.2, 0) is 0 Å². The second-order valence-electron chi connectivity index (χ2n) is 4.99. The van der Waals surface area contributed by atoms with E-state index in [0.717, 1.165) is 18.8 Å². The van der Waals surface area contributed by atoms with Gasteiger partial charge in [-0.2, -0.15) is 0 Å². The van der Waals surface area contributed by atoms with E-state index in [0.29, 0.717) is 5.56 Å².